The van der Waals surface area contributed by atoms with E-state index in [2.05, 4.69) is 6.92 Å². The van der Waals surface area contributed by atoms with E-state index in [0.717, 1.165) is 5.56 Å². The van der Waals surface area contributed by atoms with Gasteiger partial charge in [-0.05, 0) is 96.8 Å². The first kappa shape index (κ1) is 13.4. The van der Waals surface area contributed by atoms with Crippen LogP contribution in [0.2, 0.25) is 0 Å². The first-order chi connectivity index (χ1) is 10.5. The first-order valence-electron chi connectivity index (χ1n) is 9.01. The van der Waals surface area contributed by atoms with Crippen molar-refractivity contribution >= 4 is 0 Å². The maximum Gasteiger partial charge on any atom is 0.126 e. The number of halogens is 1. The summed E-state index contributed by atoms with van der Waals surface area (Å²) in [5, 5.41) is 9.70. The molecule has 2 heteroatoms. The highest BCUT2D eigenvalue weighted by atomic mass is 19.1. The van der Waals surface area contributed by atoms with Crippen molar-refractivity contribution in [3.05, 3.63) is 29.3 Å². The molecule has 3 saturated carbocycles. The van der Waals surface area contributed by atoms with Gasteiger partial charge < -0.3 is 5.11 Å². The molecule has 3 fully saturated rings. The lowest BCUT2D eigenvalue weighted by atomic mass is 9.53. The number of phenols is 1. The van der Waals surface area contributed by atoms with Crippen LogP contribution in [0.1, 0.15) is 75.1 Å². The van der Waals surface area contributed by atoms with Crippen molar-refractivity contribution < 1.29 is 9.50 Å². The molecule has 4 aliphatic rings. The third-order valence-corrected chi connectivity index (χ3v) is 8.11. The Bertz CT molecular complexity index is 635. The molecule has 118 valence electrons. The van der Waals surface area contributed by atoms with Gasteiger partial charge in [-0.15, -0.1) is 0 Å². The highest BCUT2D eigenvalue weighted by Gasteiger charge is 2.66. The Morgan fingerprint density at radius 1 is 1.09 bits per heavy atom. The predicted octanol–water partition coefficient (Wildman–Crippen LogP) is 5.50. The average Bonchev–Trinajstić information content (AvgIpc) is 3.22. The van der Waals surface area contributed by atoms with E-state index in [9.17, 15) is 9.50 Å². The molecule has 1 aromatic carbocycles. The monoisotopic (exact) mass is 300 g/mol. The summed E-state index contributed by atoms with van der Waals surface area (Å²) in [6.07, 6.45) is 7.86. The van der Waals surface area contributed by atoms with E-state index in [1.807, 2.05) is 6.07 Å². The van der Waals surface area contributed by atoms with Crippen LogP contribution in [0.3, 0.4) is 0 Å². The van der Waals surface area contributed by atoms with Crippen molar-refractivity contribution in [3.8, 4) is 5.75 Å². The van der Waals surface area contributed by atoms with Crippen molar-refractivity contribution in [2.45, 2.75) is 64.0 Å². The van der Waals surface area contributed by atoms with Crippen LogP contribution in [0.4, 0.5) is 4.39 Å². The SMILES string of the molecule is CC12CCC3c4ccc(O)cc4C(F)CC3C1CCC21CC1. The van der Waals surface area contributed by atoms with Gasteiger partial charge in [-0.25, -0.2) is 4.39 Å². The molecule has 1 nitrogen and oxygen atoms in total. The van der Waals surface area contributed by atoms with E-state index in [1.54, 1.807) is 12.1 Å². The van der Waals surface area contributed by atoms with Gasteiger partial charge in [0.05, 0.1) is 0 Å². The smallest absolute Gasteiger partial charge is 0.126 e. The van der Waals surface area contributed by atoms with E-state index in [0.29, 0.717) is 35.0 Å². The molecule has 1 N–H and O–H groups in total. The highest BCUT2D eigenvalue weighted by molar-refractivity contribution is 5.41. The molecular formula is C20H25FO. The minimum absolute atomic E-state index is 0.207. The number of rotatable bonds is 0. The van der Waals surface area contributed by atoms with Crippen molar-refractivity contribution in [1.29, 1.82) is 0 Å². The molecule has 4 aliphatic carbocycles. The molecule has 0 saturated heterocycles. The van der Waals surface area contributed by atoms with E-state index in [-0.39, 0.29) is 5.75 Å². The molecule has 22 heavy (non-hydrogen) atoms. The normalized spacial score (nSPS) is 44.3. The topological polar surface area (TPSA) is 20.2 Å². The Morgan fingerprint density at radius 2 is 1.91 bits per heavy atom. The largest absolute Gasteiger partial charge is 0.508 e. The lowest BCUT2D eigenvalue weighted by Gasteiger charge is -2.52. The van der Waals surface area contributed by atoms with Gasteiger partial charge in [0.15, 0.2) is 0 Å². The summed E-state index contributed by atoms with van der Waals surface area (Å²) in [5.41, 5.74) is 3.07. The quantitative estimate of drug-likeness (QED) is 0.671. The zero-order chi connectivity index (χ0) is 15.1. The van der Waals surface area contributed by atoms with E-state index in [4.69, 9.17) is 0 Å². The number of fused-ring (bicyclic) bond motifs is 6. The lowest BCUT2D eigenvalue weighted by molar-refractivity contribution is 0.00505. The van der Waals surface area contributed by atoms with Crippen LogP contribution in [-0.4, -0.2) is 5.11 Å². The number of aromatic hydroxyl groups is 1. The summed E-state index contributed by atoms with van der Waals surface area (Å²) in [7, 11) is 0. The molecule has 5 rings (SSSR count). The summed E-state index contributed by atoms with van der Waals surface area (Å²) >= 11 is 0. The molecule has 1 spiro atoms. The lowest BCUT2D eigenvalue weighted by Crippen LogP contribution is -2.43. The minimum atomic E-state index is -0.888. The van der Waals surface area contributed by atoms with Crippen LogP contribution < -0.4 is 0 Å². The zero-order valence-corrected chi connectivity index (χ0v) is 13.3. The molecule has 0 bridgehead atoms. The van der Waals surface area contributed by atoms with Gasteiger partial charge in [-0.1, -0.05) is 13.0 Å². The van der Waals surface area contributed by atoms with E-state index >= 15 is 0 Å². The van der Waals surface area contributed by atoms with Gasteiger partial charge in [0.2, 0.25) is 0 Å². The third kappa shape index (κ3) is 1.49. The minimum Gasteiger partial charge on any atom is -0.508 e. The van der Waals surface area contributed by atoms with Gasteiger partial charge in [-0.3, -0.25) is 0 Å². The van der Waals surface area contributed by atoms with Gasteiger partial charge in [-0.2, -0.15) is 0 Å². The molecule has 0 radical (unpaired) electrons. The van der Waals surface area contributed by atoms with Crippen molar-refractivity contribution in [2.75, 3.05) is 0 Å². The summed E-state index contributed by atoms with van der Waals surface area (Å²) < 4.78 is 14.8. The molecule has 0 aromatic heterocycles. The van der Waals surface area contributed by atoms with Gasteiger partial charge >= 0.3 is 0 Å². The van der Waals surface area contributed by atoms with Crippen LogP contribution in [0.5, 0.6) is 5.75 Å². The van der Waals surface area contributed by atoms with Crippen LogP contribution in [0, 0.1) is 22.7 Å². The highest BCUT2D eigenvalue weighted by Crippen LogP contribution is 2.76. The standard InChI is InChI=1S/C20H25FO/c1-19-6-4-14-13-3-2-12(22)10-16(13)18(21)11-15(14)17(19)5-7-20(19)8-9-20/h2-3,10,14-15,17-18,22H,4-9,11H2,1H3. The number of hydrogen-bond donors (Lipinski definition) is 1. The Kier molecular flexibility index (Phi) is 2.48. The summed E-state index contributed by atoms with van der Waals surface area (Å²) in [6.45, 7) is 2.52. The summed E-state index contributed by atoms with van der Waals surface area (Å²) in [4.78, 5) is 0. The fourth-order valence-corrected chi connectivity index (χ4v) is 6.74. The average molecular weight is 300 g/mol. The molecule has 0 amide bonds. The molecule has 1 aromatic rings. The van der Waals surface area contributed by atoms with Gasteiger partial charge in [0.1, 0.15) is 11.9 Å². The van der Waals surface area contributed by atoms with Crippen molar-refractivity contribution in [1.82, 2.24) is 0 Å². The second-order valence-corrected chi connectivity index (χ2v) is 8.67. The Balaban J connectivity index is 1.56. The number of phenolic OH excluding ortho intramolecular Hbond substituents is 1. The third-order valence-electron chi connectivity index (χ3n) is 8.11. The Hall–Kier alpha value is -1.05. The predicted molar refractivity (Wildman–Crippen MR) is 84.5 cm³/mol. The maximum atomic E-state index is 14.8. The number of benzene rings is 1. The van der Waals surface area contributed by atoms with Crippen molar-refractivity contribution in [3.63, 3.8) is 0 Å². The molecule has 5 atom stereocenters. The molecule has 5 unspecified atom stereocenters. The van der Waals surface area contributed by atoms with E-state index < -0.39 is 6.17 Å². The fraction of sp³-hybridized carbons (Fsp3) is 0.700. The van der Waals surface area contributed by atoms with E-state index in [1.165, 1.54) is 44.1 Å². The second-order valence-electron chi connectivity index (χ2n) is 8.67. The molecule has 0 aliphatic heterocycles. The van der Waals surface area contributed by atoms with Gasteiger partial charge in [0.25, 0.3) is 0 Å². The summed E-state index contributed by atoms with van der Waals surface area (Å²) in [5.74, 6) is 1.97. The maximum absolute atomic E-state index is 14.8. The Morgan fingerprint density at radius 3 is 2.68 bits per heavy atom. The van der Waals surface area contributed by atoms with Crippen LogP contribution in [-0.2, 0) is 0 Å². The fourth-order valence-electron chi connectivity index (χ4n) is 6.74. The summed E-state index contributed by atoms with van der Waals surface area (Å²) in [6, 6.07) is 5.42. The van der Waals surface area contributed by atoms with Crippen LogP contribution >= 0.6 is 0 Å². The zero-order valence-electron chi connectivity index (χ0n) is 13.3. The number of alkyl halides is 1. The van der Waals surface area contributed by atoms with Crippen molar-refractivity contribution in [2.24, 2.45) is 22.7 Å². The number of hydrogen-bond acceptors (Lipinski definition) is 1. The Labute approximate surface area is 131 Å². The molecule has 0 heterocycles. The van der Waals surface area contributed by atoms with Crippen LogP contribution in [0.15, 0.2) is 18.2 Å². The first-order valence-corrected chi connectivity index (χ1v) is 9.01. The van der Waals surface area contributed by atoms with Crippen LogP contribution in [0.25, 0.3) is 0 Å². The van der Waals surface area contributed by atoms with Gasteiger partial charge in [0, 0.05) is 0 Å². The molecular weight excluding hydrogens is 275 g/mol. The second kappa shape index (κ2) is 4.07.